The van der Waals surface area contributed by atoms with Crippen LogP contribution in [0, 0.1) is 6.92 Å². The summed E-state index contributed by atoms with van der Waals surface area (Å²) in [6, 6.07) is 7.87. The lowest BCUT2D eigenvalue weighted by atomic mass is 10.1. The van der Waals surface area contributed by atoms with E-state index in [9.17, 15) is 8.78 Å². The van der Waals surface area contributed by atoms with Gasteiger partial charge in [0.2, 0.25) is 0 Å². The lowest BCUT2D eigenvalue weighted by Gasteiger charge is -2.17. The van der Waals surface area contributed by atoms with Crippen molar-refractivity contribution in [3.8, 4) is 0 Å². The van der Waals surface area contributed by atoms with Gasteiger partial charge in [-0.05, 0) is 23.9 Å². The summed E-state index contributed by atoms with van der Waals surface area (Å²) in [6.07, 6.45) is 1.69. The third kappa shape index (κ3) is 4.15. The number of nitrogens with zero attached hydrogens (tertiary/aromatic N) is 2. The highest BCUT2D eigenvalue weighted by molar-refractivity contribution is 5.86. The van der Waals surface area contributed by atoms with Crippen molar-refractivity contribution in [1.82, 2.24) is 4.98 Å². The Morgan fingerprint density at radius 3 is 2.41 bits per heavy atom. The van der Waals surface area contributed by atoms with Gasteiger partial charge in [-0.25, -0.2) is 13.8 Å². The highest BCUT2D eigenvalue weighted by Gasteiger charge is 2.38. The van der Waals surface area contributed by atoms with Crippen molar-refractivity contribution in [2.24, 2.45) is 0 Å². The topological polar surface area (TPSA) is 16.1 Å². The van der Waals surface area contributed by atoms with E-state index < -0.39 is 5.92 Å². The predicted octanol–water partition coefficient (Wildman–Crippen LogP) is 5.44. The molecule has 3 rings (SSSR count). The molecule has 4 heteroatoms. The van der Waals surface area contributed by atoms with Crippen LogP contribution in [0.4, 0.5) is 14.6 Å². The smallest absolute Gasteiger partial charge is 0.266 e. The number of rotatable bonds is 1. The second-order valence-electron chi connectivity index (χ2n) is 4.87. The normalized spacial score (nSPS) is 15.7. The molecule has 22 heavy (non-hydrogen) atoms. The minimum Gasteiger partial charge on any atom is -0.350 e. The minimum absolute atomic E-state index is 0.0828. The average molecular weight is 308 g/mol. The van der Waals surface area contributed by atoms with E-state index >= 15 is 0 Å². The Morgan fingerprint density at radius 2 is 1.82 bits per heavy atom. The van der Waals surface area contributed by atoms with E-state index in [2.05, 4.69) is 4.98 Å². The highest BCUT2D eigenvalue weighted by atomic mass is 19.3. The van der Waals surface area contributed by atoms with Crippen molar-refractivity contribution >= 4 is 16.6 Å². The fraction of sp³-hybridized carbons (Fsp3) is 0.500. The number of anilines is 1. The molecule has 1 saturated heterocycles. The molecule has 1 aliphatic rings. The molecule has 2 heterocycles. The van der Waals surface area contributed by atoms with Crippen LogP contribution in [-0.4, -0.2) is 24.0 Å². The minimum atomic E-state index is -2.58. The van der Waals surface area contributed by atoms with Gasteiger partial charge < -0.3 is 4.90 Å². The summed E-state index contributed by atoms with van der Waals surface area (Å²) in [7, 11) is 0. The molecule has 1 fully saturated rings. The van der Waals surface area contributed by atoms with E-state index in [0.29, 0.717) is 12.4 Å². The summed E-state index contributed by atoms with van der Waals surface area (Å²) in [5.41, 5.74) is 1.15. The molecule has 0 saturated carbocycles. The molecular weight excluding hydrogens is 282 g/mol. The maximum atomic E-state index is 13.2. The maximum Gasteiger partial charge on any atom is 0.266 e. The molecule has 0 N–H and O–H groups in total. The van der Waals surface area contributed by atoms with E-state index in [-0.39, 0.29) is 13.0 Å². The lowest BCUT2D eigenvalue weighted by Crippen LogP contribution is -2.25. The van der Waals surface area contributed by atoms with Gasteiger partial charge >= 0.3 is 0 Å². The number of halogens is 2. The van der Waals surface area contributed by atoms with Gasteiger partial charge in [0.05, 0.1) is 6.54 Å². The molecule has 0 aliphatic carbocycles. The quantitative estimate of drug-likeness (QED) is 0.697. The molecule has 0 unspecified atom stereocenters. The summed E-state index contributed by atoms with van der Waals surface area (Å²) >= 11 is 0. The molecule has 2 nitrogen and oxygen atoms in total. The zero-order valence-corrected chi connectivity index (χ0v) is 14.2. The number of pyridine rings is 1. The standard InChI is InChI=1S/C14H14F2N2.2C2H6/c1-10-3-2-4-11-7-13(17-8-12(10)11)18-6-5-14(15,16)9-18;2*1-2/h2-4,7-8H,5-6,9H2,1H3;2*1-2H3. The lowest BCUT2D eigenvalue weighted by molar-refractivity contribution is 0.0257. The van der Waals surface area contributed by atoms with E-state index in [0.717, 1.165) is 16.3 Å². The molecule has 1 aromatic carbocycles. The maximum absolute atomic E-state index is 13.2. The molecule has 0 radical (unpaired) electrons. The Bertz CT molecular complexity index is 597. The van der Waals surface area contributed by atoms with Crippen LogP contribution in [0.25, 0.3) is 10.8 Å². The van der Waals surface area contributed by atoms with E-state index in [4.69, 9.17) is 0 Å². The van der Waals surface area contributed by atoms with Crippen molar-refractivity contribution in [1.29, 1.82) is 0 Å². The number of hydrogen-bond donors (Lipinski definition) is 0. The van der Waals surface area contributed by atoms with Gasteiger partial charge in [0.25, 0.3) is 5.92 Å². The second kappa shape index (κ2) is 8.06. The fourth-order valence-corrected chi connectivity index (χ4v) is 2.42. The molecule has 0 spiro atoms. The number of aryl methyl sites for hydroxylation is 1. The van der Waals surface area contributed by atoms with Crippen molar-refractivity contribution in [2.75, 3.05) is 18.0 Å². The first-order valence-electron chi connectivity index (χ1n) is 8.03. The number of aromatic nitrogens is 1. The van der Waals surface area contributed by atoms with Gasteiger partial charge in [-0.15, -0.1) is 0 Å². The Hall–Kier alpha value is -1.71. The Balaban J connectivity index is 0.000000561. The van der Waals surface area contributed by atoms with Crippen LogP contribution < -0.4 is 4.90 Å². The molecule has 0 amide bonds. The van der Waals surface area contributed by atoms with Crippen LogP contribution in [0.5, 0.6) is 0 Å². The van der Waals surface area contributed by atoms with Gasteiger partial charge in [0, 0.05) is 24.5 Å². The molecule has 1 aliphatic heterocycles. The SMILES string of the molecule is CC.CC.Cc1cccc2cc(N3CCC(F)(F)C3)ncc12. The van der Waals surface area contributed by atoms with Crippen LogP contribution in [0.2, 0.25) is 0 Å². The number of alkyl halides is 2. The van der Waals surface area contributed by atoms with E-state index in [1.807, 2.05) is 58.9 Å². The Kier molecular flexibility index (Phi) is 6.72. The van der Waals surface area contributed by atoms with Crippen LogP contribution in [0.3, 0.4) is 0 Å². The third-order valence-corrected chi connectivity index (χ3v) is 3.46. The first-order chi connectivity index (χ1) is 10.6. The number of benzene rings is 1. The third-order valence-electron chi connectivity index (χ3n) is 3.46. The zero-order chi connectivity index (χ0) is 16.8. The van der Waals surface area contributed by atoms with Crippen LogP contribution in [0.1, 0.15) is 39.7 Å². The summed E-state index contributed by atoms with van der Waals surface area (Å²) in [5, 5.41) is 2.13. The van der Waals surface area contributed by atoms with Crippen molar-refractivity contribution in [2.45, 2.75) is 47.0 Å². The van der Waals surface area contributed by atoms with Gasteiger partial charge in [-0.2, -0.15) is 0 Å². The van der Waals surface area contributed by atoms with Crippen LogP contribution in [0.15, 0.2) is 30.5 Å². The Morgan fingerprint density at radius 1 is 1.14 bits per heavy atom. The van der Waals surface area contributed by atoms with Gasteiger partial charge in [0.15, 0.2) is 0 Å². The van der Waals surface area contributed by atoms with E-state index in [1.165, 1.54) is 0 Å². The van der Waals surface area contributed by atoms with Crippen LogP contribution >= 0.6 is 0 Å². The second-order valence-corrected chi connectivity index (χ2v) is 4.87. The van der Waals surface area contributed by atoms with Crippen LogP contribution in [-0.2, 0) is 0 Å². The molecule has 0 bridgehead atoms. The summed E-state index contributed by atoms with van der Waals surface area (Å²) < 4.78 is 26.4. The highest BCUT2D eigenvalue weighted by Crippen LogP contribution is 2.31. The van der Waals surface area contributed by atoms with Gasteiger partial charge in [-0.1, -0.05) is 45.9 Å². The van der Waals surface area contributed by atoms with Crippen molar-refractivity contribution in [3.63, 3.8) is 0 Å². The largest absolute Gasteiger partial charge is 0.350 e. The van der Waals surface area contributed by atoms with Crippen molar-refractivity contribution in [3.05, 3.63) is 36.0 Å². The number of hydrogen-bond acceptors (Lipinski definition) is 2. The fourth-order valence-electron chi connectivity index (χ4n) is 2.42. The first kappa shape index (κ1) is 18.3. The molecule has 2 aromatic rings. The molecule has 1 aromatic heterocycles. The Labute approximate surface area is 132 Å². The van der Waals surface area contributed by atoms with Gasteiger partial charge in [-0.3, -0.25) is 0 Å². The summed E-state index contributed by atoms with van der Waals surface area (Å²) in [5.74, 6) is -1.94. The van der Waals surface area contributed by atoms with E-state index in [1.54, 1.807) is 11.1 Å². The molecule has 0 atom stereocenters. The summed E-state index contributed by atoms with van der Waals surface area (Å²) in [4.78, 5) is 5.96. The number of fused-ring (bicyclic) bond motifs is 1. The average Bonchev–Trinajstić information content (AvgIpc) is 2.91. The molecule has 122 valence electrons. The van der Waals surface area contributed by atoms with Crippen molar-refractivity contribution < 1.29 is 8.78 Å². The predicted molar refractivity (Wildman–Crippen MR) is 91.0 cm³/mol. The summed E-state index contributed by atoms with van der Waals surface area (Å²) in [6.45, 7) is 10.2. The van der Waals surface area contributed by atoms with Gasteiger partial charge in [0.1, 0.15) is 5.82 Å². The monoisotopic (exact) mass is 308 g/mol. The molecular formula is C18H26F2N2. The first-order valence-corrected chi connectivity index (χ1v) is 8.03. The zero-order valence-electron chi connectivity index (χ0n) is 14.2.